The molecule has 1 aromatic rings. The molecular formula is C14H15NO4S. The Bertz CT molecular complexity index is 672. The zero-order chi connectivity index (χ0) is 15.0. The van der Waals surface area contributed by atoms with Crippen LogP contribution in [0, 0.1) is 23.7 Å². The van der Waals surface area contributed by atoms with Crippen molar-refractivity contribution < 1.29 is 17.9 Å². The number of sulfone groups is 1. The molecule has 20 heavy (non-hydrogen) atoms. The average Bonchev–Trinajstić information content (AvgIpc) is 3.16. The van der Waals surface area contributed by atoms with Crippen molar-refractivity contribution in [2.24, 2.45) is 5.41 Å². The molecule has 2 atom stereocenters. The van der Waals surface area contributed by atoms with E-state index in [4.69, 9.17) is 10.00 Å². The summed E-state index contributed by atoms with van der Waals surface area (Å²) >= 11 is 0. The Balaban J connectivity index is 2.32. The number of esters is 1. The van der Waals surface area contributed by atoms with Gasteiger partial charge in [0.2, 0.25) is 0 Å². The second-order valence-electron chi connectivity index (χ2n) is 4.85. The largest absolute Gasteiger partial charge is 0.465 e. The van der Waals surface area contributed by atoms with Gasteiger partial charge in [-0.15, -0.1) is 0 Å². The molecule has 0 unspecified atom stereocenters. The molecule has 1 aliphatic carbocycles. The Morgan fingerprint density at radius 1 is 1.45 bits per heavy atom. The Morgan fingerprint density at radius 2 is 2.05 bits per heavy atom. The summed E-state index contributed by atoms with van der Waals surface area (Å²) in [6.07, 6.45) is -0.00145. The maximum Gasteiger partial charge on any atom is 0.327 e. The maximum atomic E-state index is 12.4. The van der Waals surface area contributed by atoms with Crippen LogP contribution in [0.25, 0.3) is 0 Å². The first-order valence-electron chi connectivity index (χ1n) is 6.27. The van der Waals surface area contributed by atoms with Crippen molar-refractivity contribution in [3.63, 3.8) is 0 Å². The quantitative estimate of drug-likeness (QED) is 0.787. The number of ether oxygens (including phenoxy) is 1. The van der Waals surface area contributed by atoms with Crippen LogP contribution >= 0.6 is 0 Å². The minimum absolute atomic E-state index is 0.00145. The molecule has 0 amide bonds. The van der Waals surface area contributed by atoms with Crippen molar-refractivity contribution in [3.05, 3.63) is 29.8 Å². The third-order valence-corrected chi connectivity index (χ3v) is 5.71. The van der Waals surface area contributed by atoms with Crippen LogP contribution in [0.3, 0.4) is 0 Å². The van der Waals surface area contributed by atoms with Crippen molar-refractivity contribution in [1.82, 2.24) is 0 Å². The zero-order valence-corrected chi connectivity index (χ0v) is 12.1. The summed E-state index contributed by atoms with van der Waals surface area (Å²) in [4.78, 5) is 11.9. The zero-order valence-electron chi connectivity index (χ0n) is 11.3. The second-order valence-corrected chi connectivity index (χ2v) is 6.98. The van der Waals surface area contributed by atoms with Crippen LogP contribution in [0.2, 0.25) is 0 Å². The average molecular weight is 293 g/mol. The lowest BCUT2D eigenvalue weighted by atomic mass is 10.1. The highest BCUT2D eigenvalue weighted by atomic mass is 32.2. The molecule has 0 bridgehead atoms. The summed E-state index contributed by atoms with van der Waals surface area (Å²) in [6, 6.07) is 8.19. The van der Waals surface area contributed by atoms with Gasteiger partial charge in [-0.25, -0.2) is 8.42 Å². The lowest BCUT2D eigenvalue weighted by molar-refractivity contribution is -0.147. The number of carbonyl (C=O) groups is 1. The molecule has 1 fully saturated rings. The molecule has 1 aromatic carbocycles. The van der Waals surface area contributed by atoms with E-state index in [1.807, 2.05) is 13.0 Å². The van der Waals surface area contributed by atoms with E-state index >= 15 is 0 Å². The van der Waals surface area contributed by atoms with Crippen LogP contribution < -0.4 is 0 Å². The fourth-order valence-electron chi connectivity index (χ4n) is 2.14. The minimum Gasteiger partial charge on any atom is -0.465 e. The van der Waals surface area contributed by atoms with Crippen molar-refractivity contribution in [2.75, 3.05) is 6.61 Å². The van der Waals surface area contributed by atoms with Gasteiger partial charge in [-0.3, -0.25) is 4.79 Å². The number of aryl methyl sites for hydroxylation is 1. The third kappa shape index (κ3) is 2.18. The lowest BCUT2D eigenvalue weighted by Crippen LogP contribution is -2.25. The first kappa shape index (κ1) is 14.5. The van der Waals surface area contributed by atoms with E-state index in [0.29, 0.717) is 0 Å². The molecule has 0 N–H and O–H groups in total. The summed E-state index contributed by atoms with van der Waals surface area (Å²) < 4.78 is 29.7. The second kappa shape index (κ2) is 4.91. The molecule has 1 aliphatic rings. The molecule has 0 spiro atoms. The molecule has 6 heteroatoms. The van der Waals surface area contributed by atoms with Crippen LogP contribution in [-0.4, -0.2) is 26.2 Å². The molecule has 0 aliphatic heterocycles. The van der Waals surface area contributed by atoms with E-state index in [0.717, 1.165) is 5.56 Å². The molecule has 5 nitrogen and oxygen atoms in total. The molecule has 0 saturated heterocycles. The minimum atomic E-state index is -3.69. The molecular weight excluding hydrogens is 278 g/mol. The number of hydrogen-bond acceptors (Lipinski definition) is 5. The fourth-order valence-corrected chi connectivity index (χ4v) is 4.14. The van der Waals surface area contributed by atoms with E-state index in [2.05, 4.69) is 0 Å². The maximum absolute atomic E-state index is 12.4. The number of rotatable bonds is 4. The highest BCUT2D eigenvalue weighted by molar-refractivity contribution is 7.92. The normalized spacial score (nSPS) is 24.8. The summed E-state index contributed by atoms with van der Waals surface area (Å²) in [7, 11) is -3.69. The molecule has 1 saturated carbocycles. The highest BCUT2D eigenvalue weighted by Crippen LogP contribution is 2.53. The van der Waals surface area contributed by atoms with Crippen LogP contribution in [-0.2, 0) is 19.4 Å². The SMILES string of the molecule is CCOC(=O)[C@]1(C#N)C[C@H]1S(=O)(=O)c1ccc(C)cc1. The Morgan fingerprint density at radius 3 is 2.55 bits per heavy atom. The van der Waals surface area contributed by atoms with Crippen LogP contribution in [0.4, 0.5) is 0 Å². The van der Waals surface area contributed by atoms with Gasteiger partial charge >= 0.3 is 5.97 Å². The number of benzene rings is 1. The Kier molecular flexibility index (Phi) is 3.57. The predicted molar refractivity (Wildman–Crippen MR) is 71.4 cm³/mol. The number of nitriles is 1. The molecule has 0 heterocycles. The highest BCUT2D eigenvalue weighted by Gasteiger charge is 2.68. The van der Waals surface area contributed by atoms with Gasteiger partial charge in [-0.1, -0.05) is 17.7 Å². The van der Waals surface area contributed by atoms with Crippen molar-refractivity contribution >= 4 is 15.8 Å². The van der Waals surface area contributed by atoms with E-state index in [1.165, 1.54) is 12.1 Å². The first-order chi connectivity index (χ1) is 9.38. The van der Waals surface area contributed by atoms with Crippen LogP contribution in [0.1, 0.15) is 18.9 Å². The van der Waals surface area contributed by atoms with Crippen LogP contribution in [0.5, 0.6) is 0 Å². The van der Waals surface area contributed by atoms with Gasteiger partial charge < -0.3 is 4.74 Å². The molecule has 0 radical (unpaired) electrons. The van der Waals surface area contributed by atoms with Gasteiger partial charge in [-0.2, -0.15) is 5.26 Å². The monoisotopic (exact) mass is 293 g/mol. The van der Waals surface area contributed by atoms with Gasteiger partial charge in [0.1, 0.15) is 0 Å². The summed E-state index contributed by atoms with van der Waals surface area (Å²) in [5, 5.41) is 8.15. The molecule has 106 valence electrons. The topological polar surface area (TPSA) is 84.2 Å². The van der Waals surface area contributed by atoms with E-state index in [1.54, 1.807) is 19.1 Å². The lowest BCUT2D eigenvalue weighted by Gasteiger charge is -2.09. The van der Waals surface area contributed by atoms with Gasteiger partial charge in [0, 0.05) is 0 Å². The Hall–Kier alpha value is -1.87. The van der Waals surface area contributed by atoms with E-state index < -0.39 is 26.5 Å². The van der Waals surface area contributed by atoms with Gasteiger partial charge in [0.05, 0.1) is 22.8 Å². The summed E-state index contributed by atoms with van der Waals surface area (Å²) in [6.45, 7) is 3.60. The van der Waals surface area contributed by atoms with Gasteiger partial charge in [0.15, 0.2) is 15.3 Å². The van der Waals surface area contributed by atoms with Gasteiger partial charge in [-0.05, 0) is 32.4 Å². The molecule has 0 aromatic heterocycles. The first-order valence-corrected chi connectivity index (χ1v) is 7.82. The van der Waals surface area contributed by atoms with E-state index in [9.17, 15) is 13.2 Å². The van der Waals surface area contributed by atoms with Crippen LogP contribution in [0.15, 0.2) is 29.2 Å². The van der Waals surface area contributed by atoms with E-state index in [-0.39, 0.29) is 17.9 Å². The van der Waals surface area contributed by atoms with Gasteiger partial charge in [0.25, 0.3) is 0 Å². The third-order valence-electron chi connectivity index (χ3n) is 3.46. The molecule has 2 rings (SSSR count). The predicted octanol–water partition coefficient (Wildman–Crippen LogP) is 1.61. The number of carbonyl (C=O) groups excluding carboxylic acids is 1. The Labute approximate surface area is 118 Å². The summed E-state index contributed by atoms with van der Waals surface area (Å²) in [5.74, 6) is -0.747. The standard InChI is InChI=1S/C14H15NO4S/c1-3-19-13(16)14(9-15)8-12(14)20(17,18)11-6-4-10(2)5-7-11/h4-7,12H,3,8H2,1-2H3/t12-,14+/m1/s1. The summed E-state index contributed by atoms with van der Waals surface area (Å²) in [5.41, 5.74) is -0.601. The number of nitrogens with zero attached hydrogens (tertiary/aromatic N) is 1. The van der Waals surface area contributed by atoms with Crippen molar-refractivity contribution in [2.45, 2.75) is 30.4 Å². The van der Waals surface area contributed by atoms with Crippen molar-refractivity contribution in [1.29, 1.82) is 5.26 Å². The number of hydrogen-bond donors (Lipinski definition) is 0. The fraction of sp³-hybridized carbons (Fsp3) is 0.429. The smallest absolute Gasteiger partial charge is 0.327 e. The van der Waals surface area contributed by atoms with Crippen molar-refractivity contribution in [3.8, 4) is 6.07 Å².